The van der Waals surface area contributed by atoms with E-state index in [4.69, 9.17) is 17.3 Å². The monoisotopic (exact) mass is 317 g/mol. The molecule has 2 N–H and O–H groups in total. The van der Waals surface area contributed by atoms with Gasteiger partial charge in [0.25, 0.3) is 0 Å². The predicted molar refractivity (Wildman–Crippen MR) is 80.2 cm³/mol. The lowest BCUT2D eigenvalue weighted by Crippen LogP contribution is -2.34. The first-order valence-electron chi connectivity index (χ1n) is 6.62. The number of nitrogens with zero attached hydrogens (tertiary/aromatic N) is 2. The van der Waals surface area contributed by atoms with Gasteiger partial charge in [-0.1, -0.05) is 17.7 Å². The molecule has 5 nitrogen and oxygen atoms in total. The highest BCUT2D eigenvalue weighted by molar-refractivity contribution is 7.89. The Morgan fingerprint density at radius 2 is 2.00 bits per heavy atom. The van der Waals surface area contributed by atoms with E-state index in [1.165, 1.54) is 10.4 Å². The van der Waals surface area contributed by atoms with E-state index in [-0.39, 0.29) is 4.90 Å². The van der Waals surface area contributed by atoms with Crippen molar-refractivity contribution in [3.63, 3.8) is 0 Å². The molecule has 0 bridgehead atoms. The summed E-state index contributed by atoms with van der Waals surface area (Å²) >= 11 is 6.06. The fourth-order valence-electron chi connectivity index (χ4n) is 2.27. The van der Waals surface area contributed by atoms with E-state index in [0.717, 1.165) is 25.1 Å². The van der Waals surface area contributed by atoms with Gasteiger partial charge in [0.1, 0.15) is 0 Å². The number of hydrogen-bond acceptors (Lipinski definition) is 4. The normalized spacial score (nSPS) is 18.9. The van der Waals surface area contributed by atoms with Crippen molar-refractivity contribution in [2.45, 2.75) is 17.9 Å². The molecule has 1 aromatic rings. The second-order valence-electron chi connectivity index (χ2n) is 5.02. The fraction of sp³-hybridized carbons (Fsp3) is 0.538. The summed E-state index contributed by atoms with van der Waals surface area (Å²) in [7, 11) is -1.47. The van der Waals surface area contributed by atoms with Gasteiger partial charge < -0.3 is 10.6 Å². The van der Waals surface area contributed by atoms with Crippen LogP contribution in [0.3, 0.4) is 0 Å². The van der Waals surface area contributed by atoms with Crippen LogP contribution in [-0.4, -0.2) is 50.8 Å². The highest BCUT2D eigenvalue weighted by Gasteiger charge is 2.26. The summed E-state index contributed by atoms with van der Waals surface area (Å²) in [6, 6.07) is 4.75. The van der Waals surface area contributed by atoms with E-state index in [1.54, 1.807) is 12.1 Å². The Kier molecular flexibility index (Phi) is 5.04. The van der Waals surface area contributed by atoms with Gasteiger partial charge in [-0.3, -0.25) is 0 Å². The number of hydrogen-bond donors (Lipinski definition) is 1. The third-order valence-electron chi connectivity index (χ3n) is 3.56. The Morgan fingerprint density at radius 1 is 1.25 bits per heavy atom. The van der Waals surface area contributed by atoms with Crippen molar-refractivity contribution in [2.75, 3.05) is 33.2 Å². The number of halogens is 1. The topological polar surface area (TPSA) is 66.6 Å². The Balaban J connectivity index is 2.27. The maximum atomic E-state index is 12.6. The lowest BCUT2D eigenvalue weighted by atomic mass is 10.2. The number of rotatable bonds is 3. The van der Waals surface area contributed by atoms with Crippen LogP contribution < -0.4 is 5.73 Å². The van der Waals surface area contributed by atoms with Gasteiger partial charge in [0.2, 0.25) is 10.0 Å². The summed E-state index contributed by atoms with van der Waals surface area (Å²) in [4.78, 5) is 2.38. The zero-order valence-electron chi connectivity index (χ0n) is 11.5. The Bertz CT molecular complexity index is 577. The molecule has 7 heteroatoms. The van der Waals surface area contributed by atoms with Crippen LogP contribution in [0.2, 0.25) is 5.02 Å². The van der Waals surface area contributed by atoms with Crippen LogP contribution in [0, 0.1) is 0 Å². The number of sulfonamides is 1. The van der Waals surface area contributed by atoms with Gasteiger partial charge in [0, 0.05) is 31.2 Å². The van der Waals surface area contributed by atoms with Crippen molar-refractivity contribution in [1.29, 1.82) is 0 Å². The molecule has 2 rings (SSSR count). The summed E-state index contributed by atoms with van der Waals surface area (Å²) in [6.45, 7) is 3.01. The molecule has 0 saturated carbocycles. The second kappa shape index (κ2) is 6.41. The maximum Gasteiger partial charge on any atom is 0.243 e. The smallest absolute Gasteiger partial charge is 0.243 e. The van der Waals surface area contributed by atoms with Gasteiger partial charge in [0.05, 0.1) is 4.90 Å². The highest BCUT2D eigenvalue weighted by atomic mass is 35.5. The molecule has 1 fully saturated rings. The van der Waals surface area contributed by atoms with Crippen LogP contribution in [0.1, 0.15) is 12.0 Å². The van der Waals surface area contributed by atoms with Crippen molar-refractivity contribution in [1.82, 2.24) is 9.21 Å². The second-order valence-corrected chi connectivity index (χ2v) is 7.36. The molecule has 1 aliphatic heterocycles. The highest BCUT2D eigenvalue weighted by Crippen LogP contribution is 2.23. The SMILES string of the molecule is CN1CCCN(S(=O)(=O)c2ccc(CN)c(Cl)c2)CC1. The maximum absolute atomic E-state index is 12.6. The largest absolute Gasteiger partial charge is 0.326 e. The molecule has 0 unspecified atom stereocenters. The Labute approximate surface area is 125 Å². The fourth-order valence-corrected chi connectivity index (χ4v) is 4.09. The molecule has 0 amide bonds. The molecule has 1 saturated heterocycles. The van der Waals surface area contributed by atoms with E-state index in [2.05, 4.69) is 4.90 Å². The zero-order chi connectivity index (χ0) is 14.8. The van der Waals surface area contributed by atoms with Gasteiger partial charge in [-0.2, -0.15) is 4.31 Å². The molecule has 1 aromatic carbocycles. The van der Waals surface area contributed by atoms with Gasteiger partial charge in [-0.05, 0) is 37.7 Å². The summed E-state index contributed by atoms with van der Waals surface area (Å²) in [6.07, 6.45) is 0.838. The average Bonchev–Trinajstić information content (AvgIpc) is 2.63. The lowest BCUT2D eigenvalue weighted by molar-refractivity contribution is 0.347. The summed E-state index contributed by atoms with van der Waals surface area (Å²) < 4.78 is 26.8. The number of likely N-dealkylation sites (N-methyl/N-ethyl adjacent to an activating group) is 1. The van der Waals surface area contributed by atoms with E-state index in [9.17, 15) is 8.42 Å². The van der Waals surface area contributed by atoms with Crippen molar-refractivity contribution in [3.8, 4) is 0 Å². The third kappa shape index (κ3) is 3.32. The van der Waals surface area contributed by atoms with Gasteiger partial charge in [-0.25, -0.2) is 8.42 Å². The Morgan fingerprint density at radius 3 is 2.65 bits per heavy atom. The molecule has 0 spiro atoms. The number of nitrogens with two attached hydrogens (primary N) is 1. The van der Waals surface area contributed by atoms with E-state index < -0.39 is 10.0 Å². The predicted octanol–water partition coefficient (Wildman–Crippen LogP) is 1.12. The minimum Gasteiger partial charge on any atom is -0.326 e. The van der Waals surface area contributed by atoms with E-state index in [0.29, 0.717) is 24.7 Å². The molecule has 1 heterocycles. The first-order chi connectivity index (χ1) is 9.45. The van der Waals surface area contributed by atoms with Crippen molar-refractivity contribution >= 4 is 21.6 Å². The Hall–Kier alpha value is -0.660. The third-order valence-corrected chi connectivity index (χ3v) is 5.81. The first kappa shape index (κ1) is 15.7. The minimum atomic E-state index is -3.47. The minimum absolute atomic E-state index is 0.240. The number of benzene rings is 1. The molecular formula is C13H20ClN3O2S. The molecule has 0 radical (unpaired) electrons. The lowest BCUT2D eigenvalue weighted by Gasteiger charge is -2.20. The molecule has 0 aromatic heterocycles. The van der Waals surface area contributed by atoms with Gasteiger partial charge in [-0.15, -0.1) is 0 Å². The van der Waals surface area contributed by atoms with Crippen molar-refractivity contribution in [3.05, 3.63) is 28.8 Å². The van der Waals surface area contributed by atoms with Crippen LogP contribution in [-0.2, 0) is 16.6 Å². The van der Waals surface area contributed by atoms with Crippen LogP contribution in [0.15, 0.2) is 23.1 Å². The molecule has 1 aliphatic rings. The first-order valence-corrected chi connectivity index (χ1v) is 8.44. The molecule has 112 valence electrons. The summed E-state index contributed by atoms with van der Waals surface area (Å²) in [5.41, 5.74) is 6.29. The average molecular weight is 318 g/mol. The van der Waals surface area contributed by atoms with Crippen LogP contribution in [0.5, 0.6) is 0 Å². The van der Waals surface area contributed by atoms with Gasteiger partial charge in [0.15, 0.2) is 0 Å². The van der Waals surface area contributed by atoms with Crippen LogP contribution >= 0.6 is 11.6 Å². The standard InChI is InChI=1S/C13H20ClN3O2S/c1-16-5-2-6-17(8-7-16)20(18,19)12-4-3-11(10-15)13(14)9-12/h3-4,9H,2,5-8,10,15H2,1H3. The summed E-state index contributed by atoms with van der Waals surface area (Å²) in [5, 5.41) is 0.403. The molecule has 20 heavy (non-hydrogen) atoms. The van der Waals surface area contributed by atoms with Crippen molar-refractivity contribution in [2.24, 2.45) is 5.73 Å². The van der Waals surface area contributed by atoms with Gasteiger partial charge >= 0.3 is 0 Å². The van der Waals surface area contributed by atoms with Crippen molar-refractivity contribution < 1.29 is 8.42 Å². The zero-order valence-corrected chi connectivity index (χ0v) is 13.1. The van der Waals surface area contributed by atoms with E-state index in [1.807, 2.05) is 7.05 Å². The van der Waals surface area contributed by atoms with Crippen LogP contribution in [0.25, 0.3) is 0 Å². The van der Waals surface area contributed by atoms with E-state index >= 15 is 0 Å². The summed E-state index contributed by atoms with van der Waals surface area (Å²) in [5.74, 6) is 0. The quantitative estimate of drug-likeness (QED) is 0.907. The molecule has 0 atom stereocenters. The van der Waals surface area contributed by atoms with Crippen LogP contribution in [0.4, 0.5) is 0 Å². The molecule has 0 aliphatic carbocycles. The molecular weight excluding hydrogens is 298 g/mol.